The van der Waals surface area contributed by atoms with E-state index in [0.717, 1.165) is 49.4 Å². The average molecular weight is 321 g/mol. The molecule has 122 valence electrons. The van der Waals surface area contributed by atoms with E-state index in [2.05, 4.69) is 24.1 Å². The fourth-order valence-electron chi connectivity index (χ4n) is 4.04. The molecule has 0 radical (unpaired) electrons. The van der Waals surface area contributed by atoms with Gasteiger partial charge in [-0.1, -0.05) is 26.7 Å². The molecule has 1 aromatic heterocycles. The molecule has 3 rings (SSSR count). The number of aryl methyl sites for hydroxylation is 1. The van der Waals surface area contributed by atoms with E-state index < -0.39 is 0 Å². The zero-order valence-electron chi connectivity index (χ0n) is 13.7. The van der Waals surface area contributed by atoms with Crippen LogP contribution in [0.5, 0.6) is 0 Å². The SMILES string of the molecule is CC(C)CC1(C(=O)Nc2nc3c(s2)C[C@@H](N)CC3)CCCC1. The average Bonchev–Trinajstić information content (AvgIpc) is 3.04. The van der Waals surface area contributed by atoms with Crippen molar-refractivity contribution in [1.82, 2.24) is 4.98 Å². The van der Waals surface area contributed by atoms with Gasteiger partial charge in [-0.2, -0.15) is 0 Å². The van der Waals surface area contributed by atoms with Gasteiger partial charge in [-0.3, -0.25) is 4.79 Å². The van der Waals surface area contributed by atoms with Gasteiger partial charge in [-0.15, -0.1) is 11.3 Å². The van der Waals surface area contributed by atoms with Crippen LogP contribution in [0.1, 0.15) is 62.9 Å². The molecule has 4 nitrogen and oxygen atoms in total. The fraction of sp³-hybridized carbons (Fsp3) is 0.765. The number of nitrogens with one attached hydrogen (secondary N) is 1. The molecule has 1 aromatic rings. The van der Waals surface area contributed by atoms with Crippen LogP contribution in [-0.4, -0.2) is 16.9 Å². The topological polar surface area (TPSA) is 68.0 Å². The Hall–Kier alpha value is -0.940. The van der Waals surface area contributed by atoms with Crippen molar-refractivity contribution in [2.45, 2.75) is 71.3 Å². The Kier molecular flexibility index (Phi) is 4.55. The maximum atomic E-state index is 12.9. The van der Waals surface area contributed by atoms with E-state index in [1.165, 1.54) is 17.7 Å². The van der Waals surface area contributed by atoms with Crippen LogP contribution in [0.3, 0.4) is 0 Å². The maximum Gasteiger partial charge on any atom is 0.232 e. The first kappa shape index (κ1) is 15.9. The van der Waals surface area contributed by atoms with Gasteiger partial charge in [0.1, 0.15) is 0 Å². The third-order valence-electron chi connectivity index (χ3n) is 5.04. The number of carbonyl (C=O) groups excluding carboxylic acids is 1. The summed E-state index contributed by atoms with van der Waals surface area (Å²) in [4.78, 5) is 18.8. The standard InChI is InChI=1S/C17H27N3OS/c1-11(2)10-17(7-3-4-8-17)15(21)20-16-19-13-6-5-12(18)9-14(13)22-16/h11-12H,3-10,18H2,1-2H3,(H,19,20,21)/t12-/m0/s1. The lowest BCUT2D eigenvalue weighted by Crippen LogP contribution is -2.35. The second-order valence-electron chi connectivity index (χ2n) is 7.43. The predicted octanol–water partition coefficient (Wildman–Crippen LogP) is 3.50. The van der Waals surface area contributed by atoms with Crippen molar-refractivity contribution in [1.29, 1.82) is 0 Å². The fourth-order valence-corrected chi connectivity index (χ4v) is 5.14. The minimum Gasteiger partial charge on any atom is -0.327 e. The number of hydrogen-bond acceptors (Lipinski definition) is 4. The van der Waals surface area contributed by atoms with Crippen molar-refractivity contribution in [2.75, 3.05) is 5.32 Å². The molecule has 0 spiro atoms. The van der Waals surface area contributed by atoms with E-state index in [0.29, 0.717) is 5.92 Å². The van der Waals surface area contributed by atoms with Crippen molar-refractivity contribution < 1.29 is 4.79 Å². The number of anilines is 1. The van der Waals surface area contributed by atoms with Gasteiger partial charge in [0.2, 0.25) is 5.91 Å². The monoisotopic (exact) mass is 321 g/mol. The number of rotatable bonds is 4. The molecule has 5 heteroatoms. The van der Waals surface area contributed by atoms with Gasteiger partial charge in [0, 0.05) is 16.3 Å². The summed E-state index contributed by atoms with van der Waals surface area (Å²) in [5.74, 6) is 0.737. The van der Waals surface area contributed by atoms with Crippen molar-refractivity contribution in [3.8, 4) is 0 Å². The van der Waals surface area contributed by atoms with Crippen LogP contribution in [0, 0.1) is 11.3 Å². The Morgan fingerprint density at radius 2 is 2.18 bits per heavy atom. The zero-order chi connectivity index (χ0) is 15.7. The molecule has 1 heterocycles. The van der Waals surface area contributed by atoms with E-state index in [1.807, 2.05) is 0 Å². The first-order chi connectivity index (χ1) is 10.5. The number of nitrogens with zero attached hydrogens (tertiary/aromatic N) is 1. The molecule has 2 aliphatic rings. The number of aromatic nitrogens is 1. The van der Waals surface area contributed by atoms with Gasteiger partial charge in [0.25, 0.3) is 0 Å². The molecule has 0 aliphatic heterocycles. The number of amides is 1. The highest BCUT2D eigenvalue weighted by atomic mass is 32.1. The van der Waals surface area contributed by atoms with E-state index in [1.54, 1.807) is 11.3 Å². The van der Waals surface area contributed by atoms with Crippen molar-refractivity contribution in [2.24, 2.45) is 17.1 Å². The van der Waals surface area contributed by atoms with Gasteiger partial charge < -0.3 is 11.1 Å². The van der Waals surface area contributed by atoms with Crippen molar-refractivity contribution in [3.05, 3.63) is 10.6 Å². The van der Waals surface area contributed by atoms with Gasteiger partial charge >= 0.3 is 0 Å². The molecule has 2 aliphatic carbocycles. The largest absolute Gasteiger partial charge is 0.327 e. The van der Waals surface area contributed by atoms with E-state index in [9.17, 15) is 4.79 Å². The third-order valence-corrected chi connectivity index (χ3v) is 6.07. The van der Waals surface area contributed by atoms with E-state index in [-0.39, 0.29) is 17.4 Å². The highest BCUT2D eigenvalue weighted by molar-refractivity contribution is 7.15. The molecule has 0 bridgehead atoms. The first-order valence-corrected chi connectivity index (χ1v) is 9.36. The Morgan fingerprint density at radius 3 is 2.86 bits per heavy atom. The third kappa shape index (κ3) is 3.20. The molecule has 0 unspecified atom stereocenters. The maximum absolute atomic E-state index is 12.9. The summed E-state index contributed by atoms with van der Waals surface area (Å²) in [6.07, 6.45) is 8.21. The van der Waals surface area contributed by atoms with Crippen molar-refractivity contribution >= 4 is 22.4 Å². The molecule has 1 amide bonds. The molecule has 1 atom stereocenters. The minimum atomic E-state index is -0.170. The summed E-state index contributed by atoms with van der Waals surface area (Å²) < 4.78 is 0. The highest BCUT2D eigenvalue weighted by Crippen LogP contribution is 2.44. The molecule has 0 saturated heterocycles. The quantitative estimate of drug-likeness (QED) is 0.892. The van der Waals surface area contributed by atoms with Gasteiger partial charge in [0.15, 0.2) is 5.13 Å². The van der Waals surface area contributed by atoms with Gasteiger partial charge in [0.05, 0.1) is 5.69 Å². The second-order valence-corrected chi connectivity index (χ2v) is 8.51. The normalized spacial score (nSPS) is 23.5. The second kappa shape index (κ2) is 6.28. The lowest BCUT2D eigenvalue weighted by atomic mass is 9.78. The summed E-state index contributed by atoms with van der Waals surface area (Å²) in [5, 5.41) is 3.91. The summed E-state index contributed by atoms with van der Waals surface area (Å²) in [5.41, 5.74) is 7.00. The molecular formula is C17H27N3OS. The van der Waals surface area contributed by atoms with Crippen LogP contribution >= 0.6 is 11.3 Å². The summed E-state index contributed by atoms with van der Waals surface area (Å²) in [6.45, 7) is 4.41. The summed E-state index contributed by atoms with van der Waals surface area (Å²) in [7, 11) is 0. The molecule has 1 saturated carbocycles. The van der Waals surface area contributed by atoms with Crippen LogP contribution in [0.2, 0.25) is 0 Å². The van der Waals surface area contributed by atoms with Crippen LogP contribution < -0.4 is 11.1 Å². The van der Waals surface area contributed by atoms with Crippen LogP contribution in [-0.2, 0) is 17.6 Å². The summed E-state index contributed by atoms with van der Waals surface area (Å²) >= 11 is 1.62. The number of nitrogens with two attached hydrogens (primary N) is 1. The molecule has 1 fully saturated rings. The molecular weight excluding hydrogens is 294 g/mol. The number of carbonyl (C=O) groups is 1. The van der Waals surface area contributed by atoms with Crippen LogP contribution in [0.4, 0.5) is 5.13 Å². The van der Waals surface area contributed by atoms with Crippen LogP contribution in [0.25, 0.3) is 0 Å². The Labute approximate surface area is 136 Å². The lowest BCUT2D eigenvalue weighted by Gasteiger charge is -2.28. The minimum absolute atomic E-state index is 0.170. The number of fused-ring (bicyclic) bond motifs is 1. The zero-order valence-corrected chi connectivity index (χ0v) is 14.5. The highest BCUT2D eigenvalue weighted by Gasteiger charge is 2.41. The van der Waals surface area contributed by atoms with E-state index >= 15 is 0 Å². The Balaban J connectivity index is 1.73. The van der Waals surface area contributed by atoms with Crippen LogP contribution in [0.15, 0.2) is 0 Å². The van der Waals surface area contributed by atoms with Gasteiger partial charge in [-0.05, 0) is 44.4 Å². The lowest BCUT2D eigenvalue weighted by molar-refractivity contribution is -0.126. The van der Waals surface area contributed by atoms with Gasteiger partial charge in [-0.25, -0.2) is 4.98 Å². The first-order valence-electron chi connectivity index (χ1n) is 8.54. The molecule has 0 aromatic carbocycles. The Bertz CT molecular complexity index is 546. The summed E-state index contributed by atoms with van der Waals surface area (Å²) in [6, 6.07) is 0.249. The number of hydrogen-bond donors (Lipinski definition) is 2. The van der Waals surface area contributed by atoms with Crippen molar-refractivity contribution in [3.63, 3.8) is 0 Å². The molecule has 3 N–H and O–H groups in total. The Morgan fingerprint density at radius 1 is 1.45 bits per heavy atom. The smallest absolute Gasteiger partial charge is 0.232 e. The molecule has 22 heavy (non-hydrogen) atoms. The number of thiazole rings is 1. The predicted molar refractivity (Wildman–Crippen MR) is 91.1 cm³/mol. The van der Waals surface area contributed by atoms with E-state index in [4.69, 9.17) is 5.73 Å².